The first-order chi connectivity index (χ1) is 25.2. The molecule has 0 aliphatic rings. The molecule has 7 aromatic carbocycles. The Morgan fingerprint density at radius 3 is 1.43 bits per heavy atom. The van der Waals surface area contributed by atoms with Crippen molar-refractivity contribution >= 4 is 65.4 Å². The second-order valence-corrected chi connectivity index (χ2v) is 12.8. The van der Waals surface area contributed by atoms with E-state index in [2.05, 4.69) is 123 Å². The Bertz CT molecular complexity index is 3150. The number of hydrogen-bond acceptors (Lipinski definition) is 3. The minimum absolute atomic E-state index is 0.568. The number of nitriles is 3. The van der Waals surface area contributed by atoms with Crippen LogP contribution in [-0.4, -0.2) is 13.7 Å². The van der Waals surface area contributed by atoms with Gasteiger partial charge in [-0.25, -0.2) is 0 Å². The highest BCUT2D eigenvalue weighted by Crippen LogP contribution is 2.43. The molecule has 3 aromatic heterocycles. The van der Waals surface area contributed by atoms with Crippen LogP contribution in [0.15, 0.2) is 146 Å². The molecule has 0 fully saturated rings. The lowest BCUT2D eigenvalue weighted by atomic mass is 10.1. The fourth-order valence-corrected chi connectivity index (χ4v) is 7.96. The summed E-state index contributed by atoms with van der Waals surface area (Å²) in [5.74, 6) is 0. The fraction of sp³-hybridized carbons (Fsp3) is 0. The molecule has 0 saturated carbocycles. The Balaban J connectivity index is 1.33. The molecule has 3 heterocycles. The summed E-state index contributed by atoms with van der Waals surface area (Å²) in [5.41, 5.74) is 10.9. The minimum atomic E-state index is 0.568. The molecule has 51 heavy (non-hydrogen) atoms. The van der Waals surface area contributed by atoms with Crippen molar-refractivity contribution in [2.24, 2.45) is 0 Å². The maximum atomic E-state index is 9.92. The van der Waals surface area contributed by atoms with Gasteiger partial charge in [0.2, 0.25) is 0 Å². The molecule has 0 radical (unpaired) electrons. The first-order valence-electron chi connectivity index (χ1n) is 16.6. The van der Waals surface area contributed by atoms with Crippen LogP contribution in [0.5, 0.6) is 0 Å². The Labute approximate surface area is 291 Å². The van der Waals surface area contributed by atoms with Crippen molar-refractivity contribution in [2.75, 3.05) is 0 Å². The molecule has 234 valence electrons. The van der Waals surface area contributed by atoms with E-state index in [1.165, 1.54) is 0 Å². The summed E-state index contributed by atoms with van der Waals surface area (Å²) in [5, 5.41) is 35.6. The Morgan fingerprint density at radius 2 is 0.804 bits per heavy atom. The number of nitrogens with zero attached hydrogens (tertiary/aromatic N) is 6. The molecular formula is C45H24N6. The van der Waals surface area contributed by atoms with E-state index in [-0.39, 0.29) is 0 Å². The molecule has 0 aliphatic carbocycles. The molecule has 0 aliphatic heterocycles. The standard InChI is InChI=1S/C45H24N6/c46-25-28-15-19-42-36(21-28)34-16-20-43-44(35-11-4-5-12-39(35)49(43)31-7-2-1-3-8-31)45(34)51(42)33-10-6-9-32(24-33)50-40-17-13-29(26-47)22-37(40)38-23-30(27-48)14-18-41(38)50/h1-24H. The molecule has 6 heteroatoms. The van der Waals surface area contributed by atoms with Crippen LogP contribution in [0.3, 0.4) is 0 Å². The second-order valence-electron chi connectivity index (χ2n) is 12.8. The third-order valence-corrected chi connectivity index (χ3v) is 10.1. The highest BCUT2D eigenvalue weighted by Gasteiger charge is 2.22. The van der Waals surface area contributed by atoms with Crippen LogP contribution in [0, 0.1) is 34.0 Å². The summed E-state index contributed by atoms with van der Waals surface area (Å²) in [4.78, 5) is 0. The van der Waals surface area contributed by atoms with E-state index >= 15 is 0 Å². The molecule has 0 atom stereocenters. The van der Waals surface area contributed by atoms with Crippen molar-refractivity contribution in [2.45, 2.75) is 0 Å². The Kier molecular flexibility index (Phi) is 5.97. The maximum Gasteiger partial charge on any atom is 0.0991 e. The molecule has 0 amide bonds. The van der Waals surface area contributed by atoms with Gasteiger partial charge >= 0.3 is 0 Å². The van der Waals surface area contributed by atoms with Crippen LogP contribution in [0.25, 0.3) is 82.5 Å². The van der Waals surface area contributed by atoms with Gasteiger partial charge in [0.05, 0.1) is 68.0 Å². The van der Waals surface area contributed by atoms with Gasteiger partial charge in [0.15, 0.2) is 0 Å². The topological polar surface area (TPSA) is 86.2 Å². The van der Waals surface area contributed by atoms with Crippen LogP contribution in [0.1, 0.15) is 16.7 Å². The molecule has 0 N–H and O–H groups in total. The largest absolute Gasteiger partial charge is 0.309 e. The van der Waals surface area contributed by atoms with Crippen molar-refractivity contribution in [3.8, 4) is 35.3 Å². The van der Waals surface area contributed by atoms with Crippen molar-refractivity contribution in [1.29, 1.82) is 15.8 Å². The highest BCUT2D eigenvalue weighted by molar-refractivity contribution is 6.26. The first kappa shape index (κ1) is 28.4. The van der Waals surface area contributed by atoms with Gasteiger partial charge in [0.25, 0.3) is 0 Å². The molecule has 0 unspecified atom stereocenters. The van der Waals surface area contributed by atoms with Crippen molar-refractivity contribution in [3.63, 3.8) is 0 Å². The quantitative estimate of drug-likeness (QED) is 0.191. The normalized spacial score (nSPS) is 11.5. The van der Waals surface area contributed by atoms with Gasteiger partial charge in [-0.1, -0.05) is 48.5 Å². The fourth-order valence-electron chi connectivity index (χ4n) is 7.96. The number of hydrogen-bond donors (Lipinski definition) is 0. The third kappa shape index (κ3) is 4.01. The monoisotopic (exact) mass is 648 g/mol. The van der Waals surface area contributed by atoms with Crippen LogP contribution in [0.2, 0.25) is 0 Å². The predicted octanol–water partition coefficient (Wildman–Crippen LogP) is 10.6. The van der Waals surface area contributed by atoms with Crippen molar-refractivity contribution < 1.29 is 0 Å². The highest BCUT2D eigenvalue weighted by atomic mass is 15.0. The average Bonchev–Trinajstić information content (AvgIpc) is 3.82. The minimum Gasteiger partial charge on any atom is -0.309 e. The number of benzene rings is 7. The van der Waals surface area contributed by atoms with Crippen LogP contribution in [0.4, 0.5) is 0 Å². The summed E-state index contributed by atoms with van der Waals surface area (Å²) >= 11 is 0. The number of para-hydroxylation sites is 2. The van der Waals surface area contributed by atoms with E-state index in [1.54, 1.807) is 0 Å². The molecule has 0 bridgehead atoms. The second kappa shape index (κ2) is 10.7. The van der Waals surface area contributed by atoms with Gasteiger partial charge in [-0.05, 0) is 97.1 Å². The van der Waals surface area contributed by atoms with Gasteiger partial charge in [-0.2, -0.15) is 15.8 Å². The van der Waals surface area contributed by atoms with E-state index < -0.39 is 0 Å². The zero-order valence-electron chi connectivity index (χ0n) is 27.0. The van der Waals surface area contributed by atoms with Crippen LogP contribution in [-0.2, 0) is 0 Å². The lowest BCUT2D eigenvalue weighted by Crippen LogP contribution is -1.99. The summed E-state index contributed by atoms with van der Waals surface area (Å²) in [7, 11) is 0. The summed E-state index contributed by atoms with van der Waals surface area (Å²) in [6.07, 6.45) is 0. The third-order valence-electron chi connectivity index (χ3n) is 10.1. The van der Waals surface area contributed by atoms with Crippen molar-refractivity contribution in [1.82, 2.24) is 13.7 Å². The SMILES string of the molecule is N#Cc1ccc2c(c1)c1cc(C#N)ccc1n2-c1cccc(-n2c3ccc(C#N)cc3c3ccc4c(c5ccccc5n4-c4ccccc4)c32)c1. The number of rotatable bonds is 3. The smallest absolute Gasteiger partial charge is 0.0991 e. The van der Waals surface area contributed by atoms with Gasteiger partial charge in [-0.3, -0.25) is 0 Å². The summed E-state index contributed by atoms with van der Waals surface area (Å²) in [6, 6.07) is 56.1. The van der Waals surface area contributed by atoms with E-state index in [4.69, 9.17) is 0 Å². The molecule has 0 spiro atoms. The predicted molar refractivity (Wildman–Crippen MR) is 204 cm³/mol. The Hall–Kier alpha value is -7.59. The zero-order chi connectivity index (χ0) is 34.2. The molecule has 6 nitrogen and oxygen atoms in total. The molecule has 0 saturated heterocycles. The van der Waals surface area contributed by atoms with E-state index in [0.29, 0.717) is 16.7 Å². The molecule has 10 rings (SSSR count). The number of fused-ring (bicyclic) bond motifs is 10. The molecular weight excluding hydrogens is 625 g/mol. The van der Waals surface area contributed by atoms with Gasteiger partial charge < -0.3 is 13.7 Å². The Morgan fingerprint density at radius 1 is 0.333 bits per heavy atom. The summed E-state index contributed by atoms with van der Waals surface area (Å²) in [6.45, 7) is 0. The van der Waals surface area contributed by atoms with Gasteiger partial charge in [-0.15, -0.1) is 0 Å². The van der Waals surface area contributed by atoms with Gasteiger partial charge in [0, 0.05) is 49.4 Å². The van der Waals surface area contributed by atoms with Crippen molar-refractivity contribution in [3.05, 3.63) is 162 Å². The zero-order valence-corrected chi connectivity index (χ0v) is 27.0. The first-order valence-corrected chi connectivity index (χ1v) is 16.6. The van der Waals surface area contributed by atoms with E-state index in [0.717, 1.165) is 82.5 Å². The van der Waals surface area contributed by atoms with Crippen LogP contribution >= 0.6 is 0 Å². The molecule has 10 aromatic rings. The maximum absolute atomic E-state index is 9.92. The average molecular weight is 649 g/mol. The van der Waals surface area contributed by atoms with Gasteiger partial charge in [0.1, 0.15) is 0 Å². The summed E-state index contributed by atoms with van der Waals surface area (Å²) < 4.78 is 6.86. The number of aromatic nitrogens is 3. The lowest BCUT2D eigenvalue weighted by Gasteiger charge is -2.13. The van der Waals surface area contributed by atoms with E-state index in [9.17, 15) is 15.8 Å². The van der Waals surface area contributed by atoms with E-state index in [1.807, 2.05) is 54.6 Å². The van der Waals surface area contributed by atoms with Crippen LogP contribution < -0.4 is 0 Å². The lowest BCUT2D eigenvalue weighted by molar-refractivity contribution is 1.14.